The van der Waals surface area contributed by atoms with Crippen LogP contribution in [0.3, 0.4) is 0 Å². The van der Waals surface area contributed by atoms with Crippen molar-refractivity contribution in [3.05, 3.63) is 89.3 Å². The lowest BCUT2D eigenvalue weighted by atomic mass is 10.0. The summed E-state index contributed by atoms with van der Waals surface area (Å²) in [5.74, 6) is 0.879. The zero-order chi connectivity index (χ0) is 23.1. The summed E-state index contributed by atoms with van der Waals surface area (Å²) < 4.78 is 20.2. The number of thiazole rings is 1. The highest BCUT2D eigenvalue weighted by atomic mass is 32.1. The molecule has 172 valence electrons. The van der Waals surface area contributed by atoms with Crippen molar-refractivity contribution < 1.29 is 13.9 Å². The first-order valence-electron chi connectivity index (χ1n) is 11.1. The van der Waals surface area contributed by atoms with Crippen LogP contribution in [0.4, 0.5) is 10.1 Å². The number of rotatable bonds is 5. The minimum absolute atomic E-state index is 0.0973. The van der Waals surface area contributed by atoms with Crippen molar-refractivity contribution in [2.75, 3.05) is 31.1 Å². The summed E-state index contributed by atoms with van der Waals surface area (Å²) in [6.45, 7) is 3.20. The molecule has 0 bridgehead atoms. The molecule has 1 aliphatic heterocycles. The fraction of sp³-hybridized carbons (Fsp3) is 0.200. The predicted octanol–water partition coefficient (Wildman–Crippen LogP) is 4.81. The molecule has 1 atom stereocenters. The average molecular weight is 476 g/mol. The Balaban J connectivity index is 1.32. The number of anilines is 1. The number of nitrogens with zero attached hydrogens (tertiary/aromatic N) is 5. The Kier molecular flexibility index (Phi) is 5.27. The lowest BCUT2D eigenvalue weighted by Crippen LogP contribution is -2.47. The number of piperazine rings is 1. The Bertz CT molecular complexity index is 1390. The maximum absolute atomic E-state index is 13.3. The number of furan rings is 1. The predicted molar refractivity (Wildman–Crippen MR) is 129 cm³/mol. The molecule has 1 saturated heterocycles. The Morgan fingerprint density at radius 1 is 0.941 bits per heavy atom. The number of aromatic hydroxyl groups is 1. The van der Waals surface area contributed by atoms with Crippen LogP contribution in [0.15, 0.2) is 77.4 Å². The van der Waals surface area contributed by atoms with E-state index in [1.54, 1.807) is 18.4 Å². The van der Waals surface area contributed by atoms with Gasteiger partial charge in [0.2, 0.25) is 16.7 Å². The van der Waals surface area contributed by atoms with Crippen LogP contribution in [0.2, 0.25) is 0 Å². The minimum atomic E-state index is -0.228. The van der Waals surface area contributed by atoms with E-state index in [0.717, 1.165) is 42.3 Å². The van der Waals surface area contributed by atoms with E-state index >= 15 is 0 Å². The molecule has 2 aromatic carbocycles. The van der Waals surface area contributed by atoms with Gasteiger partial charge in [0, 0.05) is 31.9 Å². The summed E-state index contributed by atoms with van der Waals surface area (Å²) in [5, 5.41) is 15.7. The standard InChI is InChI=1S/C25H22FN5O2S/c26-18-8-10-19(11-9-18)29-12-14-30(15-13-29)21(17-5-2-1-3-6-17)22-24(32)31-25(34-22)27-23(28-31)20-7-4-16-33-20/h1-11,16,21,32H,12-15H2/t21-/m0/s1. The number of fused-ring (bicyclic) bond motifs is 1. The summed E-state index contributed by atoms with van der Waals surface area (Å²) in [7, 11) is 0. The van der Waals surface area contributed by atoms with Crippen LogP contribution >= 0.6 is 11.3 Å². The van der Waals surface area contributed by atoms with E-state index in [4.69, 9.17) is 4.42 Å². The van der Waals surface area contributed by atoms with Gasteiger partial charge >= 0.3 is 0 Å². The van der Waals surface area contributed by atoms with E-state index < -0.39 is 0 Å². The smallest absolute Gasteiger partial charge is 0.230 e. The quantitative estimate of drug-likeness (QED) is 0.394. The maximum atomic E-state index is 13.3. The third-order valence-electron chi connectivity index (χ3n) is 6.18. The van der Waals surface area contributed by atoms with E-state index in [1.165, 1.54) is 28.0 Å². The van der Waals surface area contributed by atoms with E-state index in [-0.39, 0.29) is 17.7 Å². The topological polar surface area (TPSA) is 70.0 Å². The van der Waals surface area contributed by atoms with Gasteiger partial charge in [-0.05, 0) is 42.0 Å². The summed E-state index contributed by atoms with van der Waals surface area (Å²) in [4.78, 5) is 10.6. The first-order chi connectivity index (χ1) is 16.7. The Morgan fingerprint density at radius 2 is 1.71 bits per heavy atom. The molecule has 3 aromatic heterocycles. The van der Waals surface area contributed by atoms with E-state index in [1.807, 2.05) is 30.3 Å². The van der Waals surface area contributed by atoms with Crippen LogP contribution < -0.4 is 4.90 Å². The SMILES string of the molecule is Oc1c([C@H](c2ccccc2)N2CCN(c3ccc(F)cc3)CC2)sc2nc(-c3ccco3)nn12. The molecule has 9 heteroatoms. The summed E-state index contributed by atoms with van der Waals surface area (Å²) in [5.41, 5.74) is 2.12. The Labute approximate surface area is 199 Å². The van der Waals surface area contributed by atoms with Gasteiger partial charge in [-0.2, -0.15) is 9.50 Å². The fourth-order valence-corrected chi connectivity index (χ4v) is 5.61. The number of benzene rings is 2. The molecular weight excluding hydrogens is 453 g/mol. The third kappa shape index (κ3) is 3.72. The zero-order valence-electron chi connectivity index (χ0n) is 18.2. The largest absolute Gasteiger partial charge is 0.492 e. The van der Waals surface area contributed by atoms with Gasteiger partial charge in [0.1, 0.15) is 5.82 Å². The van der Waals surface area contributed by atoms with Crippen LogP contribution in [0.5, 0.6) is 5.88 Å². The van der Waals surface area contributed by atoms with Gasteiger partial charge in [-0.15, -0.1) is 5.10 Å². The van der Waals surface area contributed by atoms with Crippen LogP contribution in [-0.2, 0) is 0 Å². The number of hydrogen-bond donors (Lipinski definition) is 1. The molecule has 1 N–H and O–H groups in total. The monoisotopic (exact) mass is 475 g/mol. The molecule has 0 radical (unpaired) electrons. The van der Waals surface area contributed by atoms with Crippen molar-refractivity contribution in [1.82, 2.24) is 19.5 Å². The zero-order valence-corrected chi connectivity index (χ0v) is 19.0. The van der Waals surface area contributed by atoms with Crippen molar-refractivity contribution in [2.24, 2.45) is 0 Å². The van der Waals surface area contributed by atoms with Gasteiger partial charge in [-0.3, -0.25) is 4.90 Å². The van der Waals surface area contributed by atoms with E-state index in [9.17, 15) is 9.50 Å². The molecule has 1 aliphatic rings. The maximum Gasteiger partial charge on any atom is 0.230 e. The van der Waals surface area contributed by atoms with Crippen LogP contribution in [0.25, 0.3) is 16.5 Å². The molecule has 34 heavy (non-hydrogen) atoms. The van der Waals surface area contributed by atoms with Crippen molar-refractivity contribution >= 4 is 22.0 Å². The number of aromatic nitrogens is 3. The van der Waals surface area contributed by atoms with Gasteiger partial charge < -0.3 is 14.4 Å². The Morgan fingerprint density at radius 3 is 2.38 bits per heavy atom. The van der Waals surface area contributed by atoms with Crippen LogP contribution in [0, 0.1) is 5.82 Å². The highest BCUT2D eigenvalue weighted by Gasteiger charge is 2.32. The van der Waals surface area contributed by atoms with Crippen molar-refractivity contribution in [2.45, 2.75) is 6.04 Å². The molecule has 0 spiro atoms. The molecule has 1 fully saturated rings. The molecule has 6 rings (SSSR count). The number of halogens is 1. The van der Waals surface area contributed by atoms with Crippen molar-refractivity contribution in [1.29, 1.82) is 0 Å². The fourth-order valence-electron chi connectivity index (χ4n) is 4.49. The molecule has 0 amide bonds. The number of hydrogen-bond acceptors (Lipinski definition) is 7. The lowest BCUT2D eigenvalue weighted by molar-refractivity contribution is 0.211. The van der Waals surface area contributed by atoms with Crippen molar-refractivity contribution in [3.8, 4) is 17.5 Å². The van der Waals surface area contributed by atoms with Gasteiger partial charge in [-0.25, -0.2) is 4.39 Å². The van der Waals surface area contributed by atoms with Crippen LogP contribution in [-0.4, -0.2) is 50.8 Å². The first kappa shape index (κ1) is 20.9. The average Bonchev–Trinajstić information content (AvgIpc) is 3.60. The van der Waals surface area contributed by atoms with Gasteiger partial charge in [0.15, 0.2) is 5.76 Å². The van der Waals surface area contributed by atoms with E-state index in [0.29, 0.717) is 16.5 Å². The van der Waals surface area contributed by atoms with Gasteiger partial charge in [0.25, 0.3) is 0 Å². The molecule has 7 nitrogen and oxygen atoms in total. The molecule has 5 aromatic rings. The van der Waals surface area contributed by atoms with Crippen molar-refractivity contribution in [3.63, 3.8) is 0 Å². The van der Waals surface area contributed by atoms with E-state index in [2.05, 4.69) is 32.0 Å². The van der Waals surface area contributed by atoms with Crippen LogP contribution in [0.1, 0.15) is 16.5 Å². The highest BCUT2D eigenvalue weighted by molar-refractivity contribution is 7.17. The highest BCUT2D eigenvalue weighted by Crippen LogP contribution is 2.41. The first-order valence-corrected chi connectivity index (χ1v) is 11.9. The van der Waals surface area contributed by atoms with Gasteiger partial charge in [-0.1, -0.05) is 41.7 Å². The molecular formula is C25H22FN5O2S. The normalized spacial score (nSPS) is 15.7. The lowest BCUT2D eigenvalue weighted by Gasteiger charge is -2.40. The minimum Gasteiger partial charge on any atom is -0.492 e. The summed E-state index contributed by atoms with van der Waals surface area (Å²) in [6.07, 6.45) is 1.58. The Hall–Kier alpha value is -3.69. The third-order valence-corrected chi connectivity index (χ3v) is 7.25. The summed E-state index contributed by atoms with van der Waals surface area (Å²) >= 11 is 1.44. The molecule has 0 aliphatic carbocycles. The molecule has 0 unspecified atom stereocenters. The second kappa shape index (κ2) is 8.58. The second-order valence-electron chi connectivity index (χ2n) is 8.21. The molecule has 0 saturated carbocycles. The molecule has 4 heterocycles. The second-order valence-corrected chi connectivity index (χ2v) is 9.22. The summed E-state index contributed by atoms with van der Waals surface area (Å²) in [6, 6.07) is 20.3. The van der Waals surface area contributed by atoms with Gasteiger partial charge in [0.05, 0.1) is 17.2 Å².